The van der Waals surface area contributed by atoms with Crippen molar-refractivity contribution in [1.29, 1.82) is 0 Å². The monoisotopic (exact) mass is 261 g/mol. The van der Waals surface area contributed by atoms with Gasteiger partial charge in [-0.3, -0.25) is 0 Å². The number of aromatic nitrogens is 2. The van der Waals surface area contributed by atoms with E-state index >= 15 is 0 Å². The van der Waals surface area contributed by atoms with E-state index in [0.29, 0.717) is 5.92 Å². The van der Waals surface area contributed by atoms with E-state index in [1.807, 2.05) is 6.07 Å². The minimum absolute atomic E-state index is 0.406. The first kappa shape index (κ1) is 13.0. The molecule has 2 rings (SSSR count). The summed E-state index contributed by atoms with van der Waals surface area (Å²) in [6, 6.07) is 2.04. The van der Waals surface area contributed by atoms with Crippen LogP contribution < -0.4 is 5.32 Å². The van der Waals surface area contributed by atoms with Crippen molar-refractivity contribution in [2.75, 3.05) is 11.9 Å². The number of thiophene rings is 1. The van der Waals surface area contributed by atoms with Crippen molar-refractivity contribution >= 4 is 17.2 Å². The highest BCUT2D eigenvalue weighted by Crippen LogP contribution is 2.26. The second-order valence-electron chi connectivity index (χ2n) is 4.66. The lowest BCUT2D eigenvalue weighted by atomic mass is 10.1. The standard InChI is InChI=1S/C14H19N3S/c1-5-15-13-6-12(9(2)3)16-14(17-13)11-8-18-7-10(11)4/h6-9H,5H2,1-4H3,(H,15,16,17). The van der Waals surface area contributed by atoms with E-state index in [-0.39, 0.29) is 0 Å². The normalized spacial score (nSPS) is 10.9. The van der Waals surface area contributed by atoms with Gasteiger partial charge in [-0.25, -0.2) is 9.97 Å². The van der Waals surface area contributed by atoms with Crippen LogP contribution in [0.3, 0.4) is 0 Å². The Kier molecular flexibility index (Phi) is 3.97. The van der Waals surface area contributed by atoms with Crippen LogP contribution in [0, 0.1) is 6.92 Å². The third kappa shape index (κ3) is 2.70. The largest absolute Gasteiger partial charge is 0.370 e. The molecule has 2 heterocycles. The molecule has 0 radical (unpaired) electrons. The Morgan fingerprint density at radius 1 is 1.28 bits per heavy atom. The third-order valence-corrected chi connectivity index (χ3v) is 3.65. The summed E-state index contributed by atoms with van der Waals surface area (Å²) in [5, 5.41) is 7.53. The molecular weight excluding hydrogens is 242 g/mol. The first-order valence-electron chi connectivity index (χ1n) is 6.27. The van der Waals surface area contributed by atoms with Crippen LogP contribution in [0.1, 0.15) is 37.9 Å². The van der Waals surface area contributed by atoms with Gasteiger partial charge in [-0.1, -0.05) is 13.8 Å². The first-order chi connectivity index (χ1) is 8.61. The van der Waals surface area contributed by atoms with Crippen molar-refractivity contribution < 1.29 is 0 Å². The number of aryl methyl sites for hydroxylation is 1. The zero-order chi connectivity index (χ0) is 13.1. The van der Waals surface area contributed by atoms with Gasteiger partial charge < -0.3 is 5.32 Å². The van der Waals surface area contributed by atoms with Crippen LogP contribution in [-0.4, -0.2) is 16.5 Å². The highest BCUT2D eigenvalue weighted by molar-refractivity contribution is 7.08. The van der Waals surface area contributed by atoms with Gasteiger partial charge in [0.15, 0.2) is 5.82 Å². The van der Waals surface area contributed by atoms with Crippen LogP contribution in [0.5, 0.6) is 0 Å². The molecule has 0 spiro atoms. The Balaban J connectivity index is 2.50. The van der Waals surface area contributed by atoms with Gasteiger partial charge in [0.05, 0.1) is 0 Å². The lowest BCUT2D eigenvalue weighted by Crippen LogP contribution is -2.05. The van der Waals surface area contributed by atoms with E-state index in [0.717, 1.165) is 29.4 Å². The maximum absolute atomic E-state index is 4.67. The van der Waals surface area contributed by atoms with Gasteiger partial charge in [0.25, 0.3) is 0 Å². The van der Waals surface area contributed by atoms with Crippen LogP contribution in [0.4, 0.5) is 5.82 Å². The number of nitrogens with one attached hydrogen (secondary N) is 1. The Labute approximate surface area is 112 Å². The zero-order valence-corrected chi connectivity index (χ0v) is 12.1. The Hall–Kier alpha value is -1.42. The predicted octanol–water partition coefficient (Wildman–Crippen LogP) is 4.07. The van der Waals surface area contributed by atoms with Gasteiger partial charge in [-0.2, -0.15) is 11.3 Å². The summed E-state index contributed by atoms with van der Waals surface area (Å²) >= 11 is 1.69. The average molecular weight is 261 g/mol. The summed E-state index contributed by atoms with van der Waals surface area (Å²) in [4.78, 5) is 9.27. The van der Waals surface area contributed by atoms with E-state index in [1.165, 1.54) is 5.56 Å². The SMILES string of the molecule is CCNc1cc(C(C)C)nc(-c2cscc2C)n1. The van der Waals surface area contributed by atoms with Crippen molar-refractivity contribution in [1.82, 2.24) is 9.97 Å². The fraction of sp³-hybridized carbons (Fsp3) is 0.429. The Bertz CT molecular complexity index is 532. The Morgan fingerprint density at radius 2 is 2.06 bits per heavy atom. The molecule has 96 valence electrons. The lowest BCUT2D eigenvalue weighted by molar-refractivity contribution is 0.817. The summed E-state index contributed by atoms with van der Waals surface area (Å²) in [6.07, 6.45) is 0. The smallest absolute Gasteiger partial charge is 0.162 e. The van der Waals surface area contributed by atoms with Crippen LogP contribution >= 0.6 is 11.3 Å². The van der Waals surface area contributed by atoms with Crippen LogP contribution in [0.15, 0.2) is 16.8 Å². The van der Waals surface area contributed by atoms with Crippen molar-refractivity contribution in [3.8, 4) is 11.4 Å². The lowest BCUT2D eigenvalue weighted by Gasteiger charge is -2.10. The molecule has 0 aliphatic rings. The zero-order valence-electron chi connectivity index (χ0n) is 11.3. The van der Waals surface area contributed by atoms with Gasteiger partial charge in [-0.05, 0) is 30.7 Å². The molecule has 0 saturated heterocycles. The molecule has 0 bridgehead atoms. The van der Waals surface area contributed by atoms with E-state index < -0.39 is 0 Å². The highest BCUT2D eigenvalue weighted by Gasteiger charge is 2.11. The summed E-state index contributed by atoms with van der Waals surface area (Å²) in [6.45, 7) is 9.36. The van der Waals surface area contributed by atoms with Crippen molar-refractivity contribution in [3.05, 3.63) is 28.1 Å². The number of rotatable bonds is 4. The highest BCUT2D eigenvalue weighted by atomic mass is 32.1. The maximum Gasteiger partial charge on any atom is 0.162 e. The van der Waals surface area contributed by atoms with Crippen LogP contribution in [-0.2, 0) is 0 Å². The van der Waals surface area contributed by atoms with E-state index in [1.54, 1.807) is 11.3 Å². The molecule has 0 amide bonds. The molecule has 2 aromatic heterocycles. The number of anilines is 1. The molecule has 0 atom stereocenters. The molecular formula is C14H19N3S. The van der Waals surface area contributed by atoms with Gasteiger partial charge in [0.2, 0.25) is 0 Å². The Morgan fingerprint density at radius 3 is 2.61 bits per heavy atom. The molecule has 0 fully saturated rings. The molecule has 0 unspecified atom stereocenters. The fourth-order valence-electron chi connectivity index (χ4n) is 1.74. The molecule has 1 N–H and O–H groups in total. The molecule has 0 saturated carbocycles. The van der Waals surface area contributed by atoms with Gasteiger partial charge in [0, 0.05) is 29.2 Å². The first-order valence-corrected chi connectivity index (χ1v) is 7.22. The van der Waals surface area contributed by atoms with E-state index in [4.69, 9.17) is 0 Å². The summed E-state index contributed by atoms with van der Waals surface area (Å²) < 4.78 is 0. The van der Waals surface area contributed by atoms with Crippen LogP contribution in [0.2, 0.25) is 0 Å². The van der Waals surface area contributed by atoms with E-state index in [2.05, 4.69) is 53.7 Å². The summed E-state index contributed by atoms with van der Waals surface area (Å²) in [5.74, 6) is 2.15. The average Bonchev–Trinajstić information content (AvgIpc) is 2.75. The minimum atomic E-state index is 0.406. The minimum Gasteiger partial charge on any atom is -0.370 e. The molecule has 0 aromatic carbocycles. The molecule has 18 heavy (non-hydrogen) atoms. The molecule has 3 nitrogen and oxygen atoms in total. The van der Waals surface area contributed by atoms with Crippen molar-refractivity contribution in [3.63, 3.8) is 0 Å². The molecule has 2 aromatic rings. The second-order valence-corrected chi connectivity index (χ2v) is 5.40. The van der Waals surface area contributed by atoms with Crippen molar-refractivity contribution in [2.24, 2.45) is 0 Å². The molecule has 0 aliphatic carbocycles. The number of nitrogens with zero attached hydrogens (tertiary/aromatic N) is 2. The third-order valence-electron chi connectivity index (χ3n) is 2.79. The number of hydrogen-bond acceptors (Lipinski definition) is 4. The summed E-state index contributed by atoms with van der Waals surface area (Å²) in [5.41, 5.74) is 3.46. The quantitative estimate of drug-likeness (QED) is 0.901. The fourth-order valence-corrected chi connectivity index (χ4v) is 2.57. The maximum atomic E-state index is 4.67. The topological polar surface area (TPSA) is 37.8 Å². The summed E-state index contributed by atoms with van der Waals surface area (Å²) in [7, 11) is 0. The predicted molar refractivity (Wildman–Crippen MR) is 78.3 cm³/mol. The van der Waals surface area contributed by atoms with Crippen LogP contribution in [0.25, 0.3) is 11.4 Å². The molecule has 4 heteroatoms. The van der Waals surface area contributed by atoms with Gasteiger partial charge in [0.1, 0.15) is 5.82 Å². The molecule has 0 aliphatic heterocycles. The van der Waals surface area contributed by atoms with Gasteiger partial charge in [-0.15, -0.1) is 0 Å². The second kappa shape index (κ2) is 5.48. The number of hydrogen-bond donors (Lipinski definition) is 1. The van der Waals surface area contributed by atoms with Crippen molar-refractivity contribution in [2.45, 2.75) is 33.6 Å². The van der Waals surface area contributed by atoms with E-state index in [9.17, 15) is 0 Å². The van der Waals surface area contributed by atoms with Gasteiger partial charge >= 0.3 is 0 Å².